The Morgan fingerprint density at radius 2 is 1.91 bits per heavy atom. The number of aryl methyl sites for hydroxylation is 1. The van der Waals surface area contributed by atoms with Gasteiger partial charge < -0.3 is 10.5 Å². The number of ether oxygens (including phenoxy) is 1. The van der Waals surface area contributed by atoms with Crippen molar-refractivity contribution < 1.29 is 4.74 Å². The number of nitrogen functional groups attached to an aromatic ring is 1. The van der Waals surface area contributed by atoms with Gasteiger partial charge in [0, 0.05) is 11.8 Å². The van der Waals surface area contributed by atoms with E-state index in [-0.39, 0.29) is 28.9 Å². The first kappa shape index (κ1) is 18.0. The first-order chi connectivity index (χ1) is 10.4. The van der Waals surface area contributed by atoms with Gasteiger partial charge in [0.1, 0.15) is 12.0 Å². The summed E-state index contributed by atoms with van der Waals surface area (Å²) >= 11 is 0. The number of anilines is 1. The average Bonchev–Trinajstić information content (AvgIpc) is 2.75. The summed E-state index contributed by atoms with van der Waals surface area (Å²) in [5, 5.41) is 0. The third-order valence-electron chi connectivity index (χ3n) is 4.65. The molecule has 1 aliphatic heterocycles. The van der Waals surface area contributed by atoms with Crippen molar-refractivity contribution in [1.29, 1.82) is 0 Å². The van der Waals surface area contributed by atoms with Crippen molar-refractivity contribution in [2.45, 2.75) is 73.6 Å². The summed E-state index contributed by atoms with van der Waals surface area (Å²) in [7, 11) is 0. The molecule has 0 aromatic carbocycles. The molecule has 0 spiro atoms. The number of nitrogens with zero attached hydrogens (tertiary/aromatic N) is 2. The Kier molecular flexibility index (Phi) is 4.64. The van der Waals surface area contributed by atoms with Gasteiger partial charge in [-0.3, -0.25) is 4.57 Å². The van der Waals surface area contributed by atoms with E-state index in [1.807, 2.05) is 6.92 Å². The van der Waals surface area contributed by atoms with E-state index >= 15 is 0 Å². The molecule has 5 nitrogen and oxygen atoms in total. The Bertz CT molecular complexity index is 623. The normalized spacial score (nSPS) is 25.8. The lowest BCUT2D eigenvalue weighted by atomic mass is 9.73. The van der Waals surface area contributed by atoms with Gasteiger partial charge in [-0.25, -0.2) is 4.79 Å². The Morgan fingerprint density at radius 3 is 2.43 bits per heavy atom. The van der Waals surface area contributed by atoms with Gasteiger partial charge in [-0.05, 0) is 36.5 Å². The van der Waals surface area contributed by atoms with Gasteiger partial charge in [-0.1, -0.05) is 41.5 Å². The van der Waals surface area contributed by atoms with Crippen LogP contribution in [0.3, 0.4) is 0 Å². The van der Waals surface area contributed by atoms with E-state index in [1.54, 1.807) is 10.8 Å². The third-order valence-corrected chi connectivity index (χ3v) is 4.65. The molecule has 1 fully saturated rings. The SMILES string of the molecule is Cc1cn([C@H]2C[C@@H](C(C)(C)C)[C@@H](CC(C)(C)C)O2)c(=O)nc1N. The number of nitrogens with two attached hydrogens (primary N) is 1. The van der Waals surface area contributed by atoms with E-state index in [9.17, 15) is 4.79 Å². The molecule has 3 atom stereocenters. The Labute approximate surface area is 139 Å². The van der Waals surface area contributed by atoms with Crippen molar-refractivity contribution in [3.8, 4) is 0 Å². The highest BCUT2D eigenvalue weighted by Crippen LogP contribution is 2.46. The third kappa shape index (κ3) is 4.14. The molecule has 0 aliphatic carbocycles. The van der Waals surface area contributed by atoms with E-state index in [4.69, 9.17) is 10.5 Å². The topological polar surface area (TPSA) is 70.1 Å². The van der Waals surface area contributed by atoms with Crippen molar-refractivity contribution in [3.05, 3.63) is 22.2 Å². The monoisotopic (exact) mass is 321 g/mol. The van der Waals surface area contributed by atoms with Crippen LogP contribution in [-0.4, -0.2) is 15.7 Å². The average molecular weight is 321 g/mol. The van der Waals surface area contributed by atoms with Crippen molar-refractivity contribution in [2.24, 2.45) is 16.7 Å². The minimum atomic E-state index is -0.331. The zero-order chi connectivity index (χ0) is 17.6. The van der Waals surface area contributed by atoms with Crippen molar-refractivity contribution in [1.82, 2.24) is 9.55 Å². The molecule has 1 aromatic rings. The van der Waals surface area contributed by atoms with Crippen LogP contribution in [0.25, 0.3) is 0 Å². The maximum absolute atomic E-state index is 12.2. The van der Waals surface area contributed by atoms with Crippen LogP contribution >= 0.6 is 0 Å². The summed E-state index contributed by atoms with van der Waals surface area (Å²) in [6.07, 6.45) is 3.46. The van der Waals surface area contributed by atoms with Crippen molar-refractivity contribution in [2.75, 3.05) is 5.73 Å². The molecule has 2 N–H and O–H groups in total. The molecular formula is C18H31N3O2. The highest BCUT2D eigenvalue weighted by molar-refractivity contribution is 5.35. The lowest BCUT2D eigenvalue weighted by Crippen LogP contribution is -2.31. The quantitative estimate of drug-likeness (QED) is 0.904. The van der Waals surface area contributed by atoms with Gasteiger partial charge in [-0.15, -0.1) is 0 Å². The molecule has 0 radical (unpaired) electrons. The first-order valence-electron chi connectivity index (χ1n) is 8.39. The highest BCUT2D eigenvalue weighted by atomic mass is 16.5. The van der Waals surface area contributed by atoms with Gasteiger partial charge >= 0.3 is 5.69 Å². The van der Waals surface area contributed by atoms with Crippen molar-refractivity contribution >= 4 is 5.82 Å². The molecule has 0 unspecified atom stereocenters. The van der Waals surface area contributed by atoms with Crippen LogP contribution < -0.4 is 11.4 Å². The van der Waals surface area contributed by atoms with Gasteiger partial charge in [0.15, 0.2) is 0 Å². The van der Waals surface area contributed by atoms with E-state index in [0.717, 1.165) is 18.4 Å². The largest absolute Gasteiger partial charge is 0.383 e. The smallest absolute Gasteiger partial charge is 0.351 e. The van der Waals surface area contributed by atoms with Crippen LogP contribution in [0.5, 0.6) is 0 Å². The Balaban J connectivity index is 2.33. The predicted molar refractivity (Wildman–Crippen MR) is 93.2 cm³/mol. The number of hydrogen-bond acceptors (Lipinski definition) is 4. The van der Waals surface area contributed by atoms with Gasteiger partial charge in [0.05, 0.1) is 6.10 Å². The standard InChI is InChI=1S/C18H31N3O2/c1-11-10-21(16(22)20-15(11)19)14-8-12(18(5,6)7)13(23-14)9-17(2,3)4/h10,12-14H,8-9H2,1-7H3,(H2,19,20,22)/t12-,13-,14-/m1/s1. The molecule has 0 saturated carbocycles. The Morgan fingerprint density at radius 1 is 1.30 bits per heavy atom. The first-order valence-corrected chi connectivity index (χ1v) is 8.39. The summed E-state index contributed by atoms with van der Waals surface area (Å²) in [5.74, 6) is 0.694. The second-order valence-electron chi connectivity index (χ2n) is 9.10. The lowest BCUT2D eigenvalue weighted by molar-refractivity contribution is -0.0341. The maximum atomic E-state index is 12.2. The fourth-order valence-electron chi connectivity index (χ4n) is 3.39. The van der Waals surface area contributed by atoms with Gasteiger partial charge in [0.2, 0.25) is 0 Å². The molecule has 2 heterocycles. The van der Waals surface area contributed by atoms with E-state index in [1.165, 1.54) is 0 Å². The minimum Gasteiger partial charge on any atom is -0.383 e. The molecule has 5 heteroatoms. The number of rotatable bonds is 2. The predicted octanol–water partition coefficient (Wildman–Crippen LogP) is 3.52. The maximum Gasteiger partial charge on any atom is 0.351 e. The van der Waals surface area contributed by atoms with Crippen LogP contribution in [0.15, 0.2) is 11.0 Å². The zero-order valence-electron chi connectivity index (χ0n) is 15.5. The van der Waals surface area contributed by atoms with Crippen LogP contribution in [0, 0.1) is 23.7 Å². The molecule has 0 amide bonds. The van der Waals surface area contributed by atoms with E-state index in [2.05, 4.69) is 46.5 Å². The highest BCUT2D eigenvalue weighted by Gasteiger charge is 2.44. The molecular weight excluding hydrogens is 290 g/mol. The number of aromatic nitrogens is 2. The molecule has 1 saturated heterocycles. The lowest BCUT2D eigenvalue weighted by Gasteiger charge is -2.33. The zero-order valence-corrected chi connectivity index (χ0v) is 15.5. The fourth-order valence-corrected chi connectivity index (χ4v) is 3.39. The summed E-state index contributed by atoms with van der Waals surface area (Å²) in [6.45, 7) is 15.3. The summed E-state index contributed by atoms with van der Waals surface area (Å²) < 4.78 is 7.92. The molecule has 1 aromatic heterocycles. The van der Waals surface area contributed by atoms with Gasteiger partial charge in [0.25, 0.3) is 0 Å². The number of hydrogen-bond donors (Lipinski definition) is 1. The Hall–Kier alpha value is -1.36. The molecule has 23 heavy (non-hydrogen) atoms. The van der Waals surface area contributed by atoms with Gasteiger partial charge in [-0.2, -0.15) is 4.98 Å². The minimum absolute atomic E-state index is 0.130. The van der Waals surface area contributed by atoms with Crippen LogP contribution in [-0.2, 0) is 4.74 Å². The summed E-state index contributed by atoms with van der Waals surface area (Å²) in [4.78, 5) is 16.1. The van der Waals surface area contributed by atoms with E-state index in [0.29, 0.717) is 11.7 Å². The van der Waals surface area contributed by atoms with Crippen LogP contribution in [0.2, 0.25) is 0 Å². The summed E-state index contributed by atoms with van der Waals surface area (Å²) in [6, 6.07) is 0. The molecule has 0 bridgehead atoms. The van der Waals surface area contributed by atoms with Crippen LogP contribution in [0.4, 0.5) is 5.82 Å². The molecule has 130 valence electrons. The summed E-state index contributed by atoms with van der Waals surface area (Å²) in [5.41, 5.74) is 6.52. The second-order valence-corrected chi connectivity index (χ2v) is 9.10. The van der Waals surface area contributed by atoms with Crippen LogP contribution in [0.1, 0.15) is 66.2 Å². The van der Waals surface area contributed by atoms with E-state index < -0.39 is 0 Å². The molecule has 2 rings (SSSR count). The van der Waals surface area contributed by atoms with Crippen molar-refractivity contribution in [3.63, 3.8) is 0 Å². The fraction of sp³-hybridized carbons (Fsp3) is 0.778. The molecule has 1 aliphatic rings. The second kappa shape index (κ2) is 5.93.